The van der Waals surface area contributed by atoms with E-state index >= 15 is 0 Å². The summed E-state index contributed by atoms with van der Waals surface area (Å²) in [5.74, 6) is 1.58. The lowest BCUT2D eigenvalue weighted by molar-refractivity contribution is -0.118. The van der Waals surface area contributed by atoms with E-state index in [9.17, 15) is 4.79 Å². The van der Waals surface area contributed by atoms with Crippen molar-refractivity contribution in [3.05, 3.63) is 17.3 Å². The zero-order valence-corrected chi connectivity index (χ0v) is 10.7. The second-order valence-corrected chi connectivity index (χ2v) is 5.36. The van der Waals surface area contributed by atoms with Crippen LogP contribution in [0.15, 0.2) is 12.1 Å². The molecule has 1 amide bonds. The van der Waals surface area contributed by atoms with E-state index in [2.05, 4.69) is 20.8 Å². The van der Waals surface area contributed by atoms with E-state index in [1.54, 1.807) is 12.1 Å². The average Bonchev–Trinajstić information content (AvgIpc) is 2.93. The highest BCUT2D eigenvalue weighted by molar-refractivity contribution is 6.29. The van der Waals surface area contributed by atoms with Crippen LogP contribution in [0.1, 0.15) is 19.3 Å². The molecule has 0 spiro atoms. The molecule has 0 radical (unpaired) electrons. The number of carbonyl (C=O) groups excluding carboxylic acids is 1. The van der Waals surface area contributed by atoms with Crippen LogP contribution in [0.2, 0.25) is 5.15 Å². The minimum absolute atomic E-state index is 0.0129. The molecule has 2 fully saturated rings. The molecular formula is C12H15ClN4O. The molecule has 6 heteroatoms. The number of hydrogen-bond acceptors (Lipinski definition) is 4. The number of nitrogens with one attached hydrogen (secondary N) is 2. The first-order valence-corrected chi connectivity index (χ1v) is 6.65. The molecular weight excluding hydrogens is 252 g/mol. The summed E-state index contributed by atoms with van der Waals surface area (Å²) in [6, 6.07) is 3.19. The van der Waals surface area contributed by atoms with E-state index in [0.29, 0.717) is 22.8 Å². The van der Waals surface area contributed by atoms with Gasteiger partial charge in [0.2, 0.25) is 5.91 Å². The standard InChI is InChI=1S/C12H15ClN4O/c13-9-4-5-10(17-16-9)15-12(18)11-8-3-1-2-7(8)6-14-11/h4-5,7-8,11,14H,1-3,6H2,(H,15,17,18). The molecule has 2 aliphatic rings. The molecule has 3 unspecified atom stereocenters. The van der Waals surface area contributed by atoms with Crippen molar-refractivity contribution in [1.82, 2.24) is 15.5 Å². The monoisotopic (exact) mass is 266 g/mol. The highest BCUT2D eigenvalue weighted by Gasteiger charge is 2.42. The Balaban J connectivity index is 1.66. The molecule has 18 heavy (non-hydrogen) atoms. The fourth-order valence-corrected chi connectivity index (χ4v) is 3.16. The Kier molecular flexibility index (Phi) is 3.18. The Hall–Kier alpha value is -1.20. The SMILES string of the molecule is O=C(Nc1ccc(Cl)nn1)C1NCC2CCCC21. The summed E-state index contributed by atoms with van der Waals surface area (Å²) in [6.45, 7) is 0.953. The largest absolute Gasteiger partial charge is 0.308 e. The first-order valence-electron chi connectivity index (χ1n) is 6.27. The summed E-state index contributed by atoms with van der Waals surface area (Å²) in [4.78, 5) is 12.2. The first kappa shape index (κ1) is 11.9. The van der Waals surface area contributed by atoms with Crippen molar-refractivity contribution >= 4 is 23.3 Å². The van der Waals surface area contributed by atoms with Crippen LogP contribution in [0, 0.1) is 11.8 Å². The van der Waals surface area contributed by atoms with E-state index in [1.165, 1.54) is 12.8 Å². The maximum Gasteiger partial charge on any atom is 0.243 e. The number of rotatable bonds is 2. The topological polar surface area (TPSA) is 66.9 Å². The average molecular weight is 267 g/mol. The van der Waals surface area contributed by atoms with Crippen molar-refractivity contribution in [3.8, 4) is 0 Å². The minimum Gasteiger partial charge on any atom is -0.308 e. The van der Waals surface area contributed by atoms with Crippen molar-refractivity contribution < 1.29 is 4.79 Å². The molecule has 0 bridgehead atoms. The lowest BCUT2D eigenvalue weighted by Crippen LogP contribution is -2.39. The maximum atomic E-state index is 12.2. The van der Waals surface area contributed by atoms with Gasteiger partial charge in [-0.2, -0.15) is 0 Å². The van der Waals surface area contributed by atoms with Crippen LogP contribution >= 0.6 is 11.6 Å². The molecule has 3 rings (SSSR count). The fraction of sp³-hybridized carbons (Fsp3) is 0.583. The molecule has 5 nitrogen and oxygen atoms in total. The predicted octanol–water partition coefficient (Wildman–Crippen LogP) is 1.46. The van der Waals surface area contributed by atoms with Crippen molar-refractivity contribution in [2.24, 2.45) is 11.8 Å². The van der Waals surface area contributed by atoms with Gasteiger partial charge in [0.05, 0.1) is 6.04 Å². The van der Waals surface area contributed by atoms with Crippen LogP contribution in [0.25, 0.3) is 0 Å². The third-order valence-electron chi connectivity index (χ3n) is 3.91. The van der Waals surface area contributed by atoms with Gasteiger partial charge in [-0.1, -0.05) is 18.0 Å². The smallest absolute Gasteiger partial charge is 0.243 e. The van der Waals surface area contributed by atoms with Crippen LogP contribution in [0.4, 0.5) is 5.82 Å². The van der Waals surface area contributed by atoms with Crippen LogP contribution in [-0.2, 0) is 4.79 Å². The fourth-order valence-electron chi connectivity index (χ4n) is 3.06. The van der Waals surface area contributed by atoms with Gasteiger partial charge in [-0.05, 0) is 43.4 Å². The lowest BCUT2D eigenvalue weighted by Gasteiger charge is -2.17. The van der Waals surface area contributed by atoms with Crippen LogP contribution < -0.4 is 10.6 Å². The summed E-state index contributed by atoms with van der Waals surface area (Å²) in [7, 11) is 0. The van der Waals surface area contributed by atoms with Crippen molar-refractivity contribution in [3.63, 3.8) is 0 Å². The van der Waals surface area contributed by atoms with E-state index < -0.39 is 0 Å². The molecule has 2 heterocycles. The van der Waals surface area contributed by atoms with Crippen LogP contribution in [0.3, 0.4) is 0 Å². The molecule has 1 aliphatic carbocycles. The number of amides is 1. The summed E-state index contributed by atoms with van der Waals surface area (Å²) in [6.07, 6.45) is 3.62. The van der Waals surface area contributed by atoms with Crippen molar-refractivity contribution in [2.75, 3.05) is 11.9 Å². The van der Waals surface area contributed by atoms with Gasteiger partial charge in [-0.3, -0.25) is 4.79 Å². The second kappa shape index (κ2) is 4.82. The first-order chi connectivity index (χ1) is 8.74. The third kappa shape index (κ3) is 2.20. The van der Waals surface area contributed by atoms with Gasteiger partial charge in [-0.25, -0.2) is 0 Å². The van der Waals surface area contributed by atoms with Crippen molar-refractivity contribution in [2.45, 2.75) is 25.3 Å². The van der Waals surface area contributed by atoms with E-state index in [-0.39, 0.29) is 11.9 Å². The Labute approximate surface area is 110 Å². The van der Waals surface area contributed by atoms with Crippen LogP contribution in [0.5, 0.6) is 0 Å². The molecule has 1 aromatic rings. The molecule has 1 saturated heterocycles. The van der Waals surface area contributed by atoms with Gasteiger partial charge in [-0.15, -0.1) is 10.2 Å². The number of anilines is 1. The molecule has 0 aromatic carbocycles. The Morgan fingerprint density at radius 2 is 2.28 bits per heavy atom. The molecule has 1 saturated carbocycles. The minimum atomic E-state index is -0.0880. The van der Waals surface area contributed by atoms with E-state index in [4.69, 9.17) is 11.6 Å². The number of nitrogens with zero attached hydrogens (tertiary/aromatic N) is 2. The third-order valence-corrected chi connectivity index (χ3v) is 4.11. The zero-order chi connectivity index (χ0) is 12.5. The Bertz CT molecular complexity index is 450. The number of aromatic nitrogens is 2. The van der Waals surface area contributed by atoms with Gasteiger partial charge < -0.3 is 10.6 Å². The number of carbonyl (C=O) groups is 1. The summed E-state index contributed by atoms with van der Waals surface area (Å²) in [5, 5.41) is 14.0. The van der Waals surface area contributed by atoms with Gasteiger partial charge >= 0.3 is 0 Å². The second-order valence-electron chi connectivity index (χ2n) is 4.97. The van der Waals surface area contributed by atoms with Gasteiger partial charge in [0.15, 0.2) is 11.0 Å². The highest BCUT2D eigenvalue weighted by atomic mass is 35.5. The summed E-state index contributed by atoms with van der Waals surface area (Å²) < 4.78 is 0. The Morgan fingerprint density at radius 1 is 1.39 bits per heavy atom. The number of fused-ring (bicyclic) bond motifs is 1. The van der Waals surface area contributed by atoms with Crippen molar-refractivity contribution in [1.29, 1.82) is 0 Å². The van der Waals surface area contributed by atoms with Gasteiger partial charge in [0.1, 0.15) is 0 Å². The molecule has 96 valence electrons. The maximum absolute atomic E-state index is 12.2. The number of hydrogen-bond donors (Lipinski definition) is 2. The number of halogens is 1. The lowest BCUT2D eigenvalue weighted by atomic mass is 9.94. The van der Waals surface area contributed by atoms with E-state index in [1.807, 2.05) is 0 Å². The zero-order valence-electron chi connectivity index (χ0n) is 9.90. The molecule has 3 atom stereocenters. The normalized spacial score (nSPS) is 30.2. The van der Waals surface area contributed by atoms with Gasteiger partial charge in [0.25, 0.3) is 0 Å². The summed E-state index contributed by atoms with van der Waals surface area (Å²) >= 11 is 5.65. The van der Waals surface area contributed by atoms with E-state index in [0.717, 1.165) is 13.0 Å². The molecule has 1 aliphatic heterocycles. The van der Waals surface area contributed by atoms with Gasteiger partial charge in [0, 0.05) is 0 Å². The summed E-state index contributed by atoms with van der Waals surface area (Å²) in [5.41, 5.74) is 0. The Morgan fingerprint density at radius 3 is 3.06 bits per heavy atom. The predicted molar refractivity (Wildman–Crippen MR) is 68.3 cm³/mol. The molecule has 1 aromatic heterocycles. The van der Waals surface area contributed by atoms with Crippen LogP contribution in [-0.4, -0.2) is 28.7 Å². The molecule has 2 N–H and O–H groups in total. The highest BCUT2D eigenvalue weighted by Crippen LogP contribution is 2.37. The quantitative estimate of drug-likeness (QED) is 0.850.